The highest BCUT2D eigenvalue weighted by atomic mass is 19.4. The average Bonchev–Trinajstić information content (AvgIpc) is 2.55. The van der Waals surface area contributed by atoms with E-state index in [0.717, 1.165) is 31.3 Å². The molecule has 1 unspecified atom stereocenters. The number of halogens is 3. The van der Waals surface area contributed by atoms with Crippen molar-refractivity contribution >= 4 is 5.57 Å². The van der Waals surface area contributed by atoms with Gasteiger partial charge in [-0.2, -0.15) is 13.2 Å². The Morgan fingerprint density at radius 3 is 2.52 bits per heavy atom. The van der Waals surface area contributed by atoms with Gasteiger partial charge < -0.3 is 9.47 Å². The second-order valence-electron chi connectivity index (χ2n) is 6.48. The van der Waals surface area contributed by atoms with E-state index in [1.54, 1.807) is 19.3 Å². The van der Waals surface area contributed by atoms with E-state index in [-0.39, 0.29) is 24.0 Å². The number of alkyl halides is 3. The van der Waals surface area contributed by atoms with Crippen molar-refractivity contribution in [1.29, 1.82) is 0 Å². The fourth-order valence-corrected chi connectivity index (χ4v) is 3.32. The summed E-state index contributed by atoms with van der Waals surface area (Å²) in [5.41, 5.74) is 0.955. The number of benzene rings is 1. The topological polar surface area (TPSA) is 18.5 Å². The number of allylic oxidation sites excluding steroid dienone is 1. The predicted molar refractivity (Wildman–Crippen MR) is 93.6 cm³/mol. The summed E-state index contributed by atoms with van der Waals surface area (Å²) in [5, 5.41) is 0. The van der Waals surface area contributed by atoms with E-state index in [1.807, 2.05) is 0 Å². The van der Waals surface area contributed by atoms with Crippen LogP contribution in [0.3, 0.4) is 0 Å². The van der Waals surface area contributed by atoms with Crippen LogP contribution >= 0.6 is 0 Å². The molecule has 1 aliphatic rings. The molecule has 1 heterocycles. The average molecular weight is 356 g/mol. The molecule has 140 valence electrons. The first kappa shape index (κ1) is 19.7. The Hall–Kier alpha value is -1.65. The molecular formula is C20H27F3O2. The zero-order chi connectivity index (χ0) is 18.4. The Balaban J connectivity index is 2.23. The fraction of sp³-hybridized carbons (Fsp3) is 0.600. The zero-order valence-corrected chi connectivity index (χ0v) is 15.2. The largest absolute Gasteiger partial charge is 0.498 e. The van der Waals surface area contributed by atoms with E-state index in [9.17, 15) is 13.2 Å². The lowest BCUT2D eigenvalue weighted by atomic mass is 9.91. The minimum atomic E-state index is -4.44. The van der Waals surface area contributed by atoms with Crippen LogP contribution in [0, 0.1) is 6.92 Å². The highest BCUT2D eigenvalue weighted by molar-refractivity contribution is 5.70. The molecule has 5 heteroatoms. The van der Waals surface area contributed by atoms with Gasteiger partial charge in [0, 0.05) is 0 Å². The summed E-state index contributed by atoms with van der Waals surface area (Å²) in [7, 11) is 0. The third-order valence-electron chi connectivity index (χ3n) is 4.62. The molecule has 0 fully saturated rings. The van der Waals surface area contributed by atoms with Crippen LogP contribution in [-0.2, 0) is 10.9 Å². The molecule has 25 heavy (non-hydrogen) atoms. The van der Waals surface area contributed by atoms with E-state index in [0.29, 0.717) is 5.56 Å². The first-order valence-corrected chi connectivity index (χ1v) is 9.06. The van der Waals surface area contributed by atoms with E-state index in [2.05, 4.69) is 6.92 Å². The molecule has 1 aromatic carbocycles. The Morgan fingerprint density at radius 1 is 1.20 bits per heavy atom. The summed E-state index contributed by atoms with van der Waals surface area (Å²) in [6.07, 6.45) is 3.47. The van der Waals surface area contributed by atoms with Crippen molar-refractivity contribution < 1.29 is 22.6 Å². The van der Waals surface area contributed by atoms with Crippen molar-refractivity contribution in [3.8, 4) is 5.75 Å². The molecule has 0 saturated heterocycles. The van der Waals surface area contributed by atoms with Crippen LogP contribution in [0.2, 0.25) is 0 Å². The van der Waals surface area contributed by atoms with Gasteiger partial charge in [-0.15, -0.1) is 0 Å². The minimum absolute atomic E-state index is 0.106. The van der Waals surface area contributed by atoms with Crippen molar-refractivity contribution in [3.63, 3.8) is 0 Å². The lowest BCUT2D eigenvalue weighted by Crippen LogP contribution is -2.16. The fourth-order valence-electron chi connectivity index (χ4n) is 3.32. The van der Waals surface area contributed by atoms with E-state index in [4.69, 9.17) is 9.47 Å². The van der Waals surface area contributed by atoms with Crippen LogP contribution < -0.4 is 4.74 Å². The van der Waals surface area contributed by atoms with Crippen molar-refractivity contribution in [2.45, 2.75) is 71.6 Å². The molecule has 1 aromatic rings. The number of hydrogen-bond donors (Lipinski definition) is 0. The molecule has 0 bridgehead atoms. The third-order valence-corrected chi connectivity index (χ3v) is 4.62. The minimum Gasteiger partial charge on any atom is -0.498 e. The molecule has 0 saturated carbocycles. The van der Waals surface area contributed by atoms with Crippen molar-refractivity contribution in [2.75, 3.05) is 6.61 Å². The lowest BCUT2D eigenvalue weighted by molar-refractivity contribution is -0.139. The summed E-state index contributed by atoms with van der Waals surface area (Å²) in [6.45, 7) is 5.55. The second-order valence-corrected chi connectivity index (χ2v) is 6.48. The zero-order valence-electron chi connectivity index (χ0n) is 15.2. The molecule has 2 rings (SSSR count). The quantitative estimate of drug-likeness (QED) is 0.518. The second kappa shape index (κ2) is 8.63. The Morgan fingerprint density at radius 2 is 1.96 bits per heavy atom. The maximum absolute atomic E-state index is 13.5. The number of hydrogen-bond acceptors (Lipinski definition) is 2. The van der Waals surface area contributed by atoms with E-state index in [1.165, 1.54) is 25.8 Å². The Labute approximate surface area is 148 Å². The molecular weight excluding hydrogens is 329 g/mol. The smallest absolute Gasteiger partial charge is 0.420 e. The SMILES string of the molecule is CCCCCC1CCC(c2ccc(OCC)c(C(F)(F)F)c2C)=CO1. The van der Waals surface area contributed by atoms with Crippen LogP contribution in [0.1, 0.15) is 69.1 Å². The maximum Gasteiger partial charge on any atom is 0.420 e. The van der Waals surface area contributed by atoms with Gasteiger partial charge in [0.05, 0.1) is 19.0 Å². The highest BCUT2D eigenvalue weighted by Gasteiger charge is 2.37. The van der Waals surface area contributed by atoms with Crippen molar-refractivity contribution in [2.24, 2.45) is 0 Å². The summed E-state index contributed by atoms with van der Waals surface area (Å²) in [5.74, 6) is -0.106. The molecule has 1 atom stereocenters. The van der Waals surface area contributed by atoms with Crippen LogP contribution in [0.5, 0.6) is 5.75 Å². The van der Waals surface area contributed by atoms with Gasteiger partial charge in [0.15, 0.2) is 0 Å². The highest BCUT2D eigenvalue weighted by Crippen LogP contribution is 2.42. The van der Waals surface area contributed by atoms with Crippen molar-refractivity contribution in [3.05, 3.63) is 35.1 Å². The summed E-state index contributed by atoms with van der Waals surface area (Å²) < 4.78 is 51.4. The molecule has 0 aliphatic carbocycles. The summed E-state index contributed by atoms with van der Waals surface area (Å²) >= 11 is 0. The third kappa shape index (κ3) is 4.93. The number of ether oxygens (including phenoxy) is 2. The molecule has 0 aromatic heterocycles. The van der Waals surface area contributed by atoms with Crippen LogP contribution in [-0.4, -0.2) is 12.7 Å². The Bertz CT molecular complexity index is 606. The first-order chi connectivity index (χ1) is 11.9. The van der Waals surface area contributed by atoms with Gasteiger partial charge >= 0.3 is 6.18 Å². The van der Waals surface area contributed by atoms with Gasteiger partial charge in [0.1, 0.15) is 11.3 Å². The molecule has 0 amide bonds. The van der Waals surface area contributed by atoms with E-state index < -0.39 is 11.7 Å². The van der Waals surface area contributed by atoms with Gasteiger partial charge in [0.25, 0.3) is 0 Å². The normalized spacial score (nSPS) is 17.8. The van der Waals surface area contributed by atoms with Gasteiger partial charge in [-0.05, 0) is 62.3 Å². The van der Waals surface area contributed by atoms with Crippen molar-refractivity contribution in [1.82, 2.24) is 0 Å². The monoisotopic (exact) mass is 356 g/mol. The predicted octanol–water partition coefficient (Wildman–Crippen LogP) is 6.51. The Kier molecular flexibility index (Phi) is 6.79. The molecule has 0 spiro atoms. The standard InChI is InChI=1S/C20H27F3O2/c1-4-6-7-8-16-10-9-15(13-25-16)17-11-12-18(24-5-2)19(14(17)3)20(21,22)23/h11-13,16H,4-10H2,1-3H3. The van der Waals surface area contributed by atoms with Crippen LogP contribution in [0.25, 0.3) is 5.57 Å². The first-order valence-electron chi connectivity index (χ1n) is 9.06. The molecule has 0 N–H and O–H groups in total. The molecule has 1 aliphatic heterocycles. The van der Waals surface area contributed by atoms with Gasteiger partial charge in [-0.3, -0.25) is 0 Å². The summed E-state index contributed by atoms with van der Waals surface area (Å²) in [4.78, 5) is 0. The van der Waals surface area contributed by atoms with Gasteiger partial charge in [0.2, 0.25) is 0 Å². The maximum atomic E-state index is 13.5. The van der Waals surface area contributed by atoms with Crippen LogP contribution in [0.4, 0.5) is 13.2 Å². The molecule has 2 nitrogen and oxygen atoms in total. The van der Waals surface area contributed by atoms with Crippen LogP contribution in [0.15, 0.2) is 18.4 Å². The van der Waals surface area contributed by atoms with Gasteiger partial charge in [-0.1, -0.05) is 25.8 Å². The lowest BCUT2D eigenvalue weighted by Gasteiger charge is -2.25. The summed E-state index contributed by atoms with van der Waals surface area (Å²) in [6, 6.07) is 3.13. The number of rotatable bonds is 7. The van der Waals surface area contributed by atoms with Gasteiger partial charge in [-0.25, -0.2) is 0 Å². The molecule has 0 radical (unpaired) electrons. The number of unbranched alkanes of at least 4 members (excludes halogenated alkanes) is 2. The van der Waals surface area contributed by atoms with E-state index >= 15 is 0 Å².